The number of benzene rings is 1. The molecule has 86 valence electrons. The molecule has 0 spiro atoms. The second-order valence-corrected chi connectivity index (χ2v) is 3.29. The molecule has 0 aromatic heterocycles. The zero-order valence-corrected chi connectivity index (χ0v) is 9.47. The third-order valence-corrected chi connectivity index (χ3v) is 2.05. The zero-order chi connectivity index (χ0) is 12.0. The third-order valence-electron chi connectivity index (χ3n) is 2.05. The van der Waals surface area contributed by atoms with Gasteiger partial charge in [-0.15, -0.1) is 0 Å². The van der Waals surface area contributed by atoms with Crippen molar-refractivity contribution in [2.24, 2.45) is 0 Å². The Morgan fingerprint density at radius 1 is 1.25 bits per heavy atom. The lowest BCUT2D eigenvalue weighted by Crippen LogP contribution is -2.35. The Labute approximate surface area is 94.8 Å². The summed E-state index contributed by atoms with van der Waals surface area (Å²) in [5.41, 5.74) is 0.894. The molecule has 0 aliphatic rings. The van der Waals surface area contributed by atoms with Gasteiger partial charge in [-0.25, -0.2) is 9.69 Å². The van der Waals surface area contributed by atoms with E-state index in [1.54, 1.807) is 6.92 Å². The molecule has 2 amide bonds. The van der Waals surface area contributed by atoms with Crippen molar-refractivity contribution in [3.8, 4) is 0 Å². The Morgan fingerprint density at radius 2 is 1.88 bits per heavy atom. The first kappa shape index (κ1) is 12.2. The van der Waals surface area contributed by atoms with Crippen molar-refractivity contribution in [2.75, 3.05) is 6.61 Å². The van der Waals surface area contributed by atoms with Crippen LogP contribution in [0.25, 0.3) is 0 Å². The highest BCUT2D eigenvalue weighted by Gasteiger charge is 2.18. The van der Waals surface area contributed by atoms with Gasteiger partial charge in [0.05, 0.1) is 13.2 Å². The lowest BCUT2D eigenvalue weighted by atomic mass is 10.2. The van der Waals surface area contributed by atoms with Crippen LogP contribution in [-0.2, 0) is 16.1 Å². The van der Waals surface area contributed by atoms with Crippen LogP contribution in [0.1, 0.15) is 19.4 Å². The average molecular weight is 221 g/mol. The second kappa shape index (κ2) is 5.90. The van der Waals surface area contributed by atoms with Crippen LogP contribution in [0.4, 0.5) is 4.79 Å². The largest absolute Gasteiger partial charge is 0.449 e. The molecule has 0 saturated carbocycles. The maximum atomic E-state index is 11.5. The molecular formula is C12H15NO3. The Hall–Kier alpha value is -1.84. The van der Waals surface area contributed by atoms with Crippen LogP contribution in [0.2, 0.25) is 0 Å². The third kappa shape index (κ3) is 3.38. The topological polar surface area (TPSA) is 46.6 Å². The molecule has 0 heterocycles. The van der Waals surface area contributed by atoms with Gasteiger partial charge in [0.15, 0.2) is 0 Å². The fraction of sp³-hybridized carbons (Fsp3) is 0.333. The molecule has 0 unspecified atom stereocenters. The van der Waals surface area contributed by atoms with Crippen molar-refractivity contribution >= 4 is 12.0 Å². The van der Waals surface area contributed by atoms with Crippen LogP contribution in [0, 0.1) is 0 Å². The molecule has 0 aliphatic carbocycles. The number of rotatable bonds is 3. The van der Waals surface area contributed by atoms with E-state index in [0.717, 1.165) is 10.5 Å². The van der Waals surface area contributed by atoms with E-state index in [1.807, 2.05) is 30.3 Å². The maximum Gasteiger partial charge on any atom is 0.416 e. The molecule has 0 fully saturated rings. The van der Waals surface area contributed by atoms with E-state index in [2.05, 4.69) is 0 Å². The Bertz CT molecular complexity index is 362. The molecule has 0 radical (unpaired) electrons. The lowest BCUT2D eigenvalue weighted by Gasteiger charge is -2.18. The van der Waals surface area contributed by atoms with Gasteiger partial charge in [-0.2, -0.15) is 0 Å². The summed E-state index contributed by atoms with van der Waals surface area (Å²) in [6.07, 6.45) is -0.598. The normalized spacial score (nSPS) is 9.62. The molecule has 4 heteroatoms. The Morgan fingerprint density at radius 3 is 2.38 bits per heavy atom. The van der Waals surface area contributed by atoms with Crippen LogP contribution in [0.5, 0.6) is 0 Å². The van der Waals surface area contributed by atoms with E-state index in [4.69, 9.17) is 4.74 Å². The summed E-state index contributed by atoms with van der Waals surface area (Å²) < 4.78 is 4.80. The average Bonchev–Trinajstić information content (AvgIpc) is 2.27. The lowest BCUT2D eigenvalue weighted by molar-refractivity contribution is -0.127. The monoisotopic (exact) mass is 221 g/mol. The van der Waals surface area contributed by atoms with Crippen molar-refractivity contribution < 1.29 is 14.3 Å². The van der Waals surface area contributed by atoms with E-state index in [0.29, 0.717) is 0 Å². The first-order valence-corrected chi connectivity index (χ1v) is 5.14. The van der Waals surface area contributed by atoms with Gasteiger partial charge in [0.25, 0.3) is 0 Å². The van der Waals surface area contributed by atoms with Gasteiger partial charge < -0.3 is 4.74 Å². The van der Waals surface area contributed by atoms with Gasteiger partial charge in [-0.1, -0.05) is 30.3 Å². The van der Waals surface area contributed by atoms with Crippen LogP contribution in [0.3, 0.4) is 0 Å². The number of nitrogens with zero attached hydrogens (tertiary/aromatic N) is 1. The van der Waals surface area contributed by atoms with Gasteiger partial charge in [-0.05, 0) is 12.5 Å². The molecule has 0 saturated heterocycles. The van der Waals surface area contributed by atoms with Gasteiger partial charge in [0, 0.05) is 6.92 Å². The molecule has 0 N–H and O–H groups in total. The molecule has 0 aliphatic heterocycles. The highest BCUT2D eigenvalue weighted by Crippen LogP contribution is 2.06. The molecule has 4 nitrogen and oxygen atoms in total. The predicted molar refractivity (Wildman–Crippen MR) is 59.7 cm³/mol. The summed E-state index contributed by atoms with van der Waals surface area (Å²) in [6.45, 7) is 3.56. The number of carbonyl (C=O) groups excluding carboxylic acids is 2. The standard InChI is InChI=1S/C12H15NO3/c1-3-16-12(15)13(10(2)14)9-11-7-5-4-6-8-11/h4-8H,3,9H2,1-2H3. The minimum atomic E-state index is -0.598. The molecule has 0 atom stereocenters. The number of hydrogen-bond donors (Lipinski definition) is 0. The molecule has 1 aromatic rings. The first-order chi connectivity index (χ1) is 7.65. The van der Waals surface area contributed by atoms with Crippen LogP contribution >= 0.6 is 0 Å². The smallest absolute Gasteiger partial charge is 0.416 e. The van der Waals surface area contributed by atoms with Crippen molar-refractivity contribution in [2.45, 2.75) is 20.4 Å². The summed E-state index contributed by atoms with van der Waals surface area (Å²) >= 11 is 0. The van der Waals surface area contributed by atoms with E-state index in [-0.39, 0.29) is 19.1 Å². The molecular weight excluding hydrogens is 206 g/mol. The first-order valence-electron chi connectivity index (χ1n) is 5.14. The summed E-state index contributed by atoms with van der Waals surface area (Å²) in [6, 6.07) is 9.31. The van der Waals surface area contributed by atoms with Crippen molar-refractivity contribution in [3.63, 3.8) is 0 Å². The summed E-state index contributed by atoms with van der Waals surface area (Å²) in [5, 5.41) is 0. The van der Waals surface area contributed by atoms with Gasteiger partial charge >= 0.3 is 6.09 Å². The molecule has 1 rings (SSSR count). The van der Waals surface area contributed by atoms with Crippen molar-refractivity contribution in [1.82, 2.24) is 4.90 Å². The quantitative estimate of drug-likeness (QED) is 0.786. The van der Waals surface area contributed by atoms with Crippen LogP contribution < -0.4 is 0 Å². The van der Waals surface area contributed by atoms with E-state index in [9.17, 15) is 9.59 Å². The van der Waals surface area contributed by atoms with Crippen LogP contribution in [-0.4, -0.2) is 23.5 Å². The molecule has 1 aromatic carbocycles. The van der Waals surface area contributed by atoms with Gasteiger partial charge in [-0.3, -0.25) is 4.79 Å². The van der Waals surface area contributed by atoms with Gasteiger partial charge in [0.1, 0.15) is 0 Å². The number of amides is 2. The minimum absolute atomic E-state index is 0.245. The highest BCUT2D eigenvalue weighted by molar-refractivity contribution is 5.90. The number of hydrogen-bond acceptors (Lipinski definition) is 3. The van der Waals surface area contributed by atoms with Gasteiger partial charge in [0.2, 0.25) is 5.91 Å². The SMILES string of the molecule is CCOC(=O)N(Cc1ccccc1)C(C)=O. The predicted octanol–water partition coefficient (Wildman–Crippen LogP) is 2.19. The van der Waals surface area contributed by atoms with E-state index >= 15 is 0 Å². The fourth-order valence-corrected chi connectivity index (χ4v) is 1.27. The van der Waals surface area contributed by atoms with Crippen molar-refractivity contribution in [3.05, 3.63) is 35.9 Å². The number of imide groups is 1. The number of carbonyl (C=O) groups is 2. The molecule has 0 bridgehead atoms. The highest BCUT2D eigenvalue weighted by atomic mass is 16.6. The van der Waals surface area contributed by atoms with E-state index in [1.165, 1.54) is 6.92 Å². The van der Waals surface area contributed by atoms with Crippen molar-refractivity contribution in [1.29, 1.82) is 0 Å². The maximum absolute atomic E-state index is 11.5. The fourth-order valence-electron chi connectivity index (χ4n) is 1.27. The van der Waals surface area contributed by atoms with E-state index < -0.39 is 6.09 Å². The van der Waals surface area contributed by atoms with Crippen LogP contribution in [0.15, 0.2) is 30.3 Å². The summed E-state index contributed by atoms with van der Waals surface area (Å²) in [7, 11) is 0. The minimum Gasteiger partial charge on any atom is -0.449 e. The second-order valence-electron chi connectivity index (χ2n) is 3.29. The number of ether oxygens (including phenoxy) is 1. The summed E-state index contributed by atoms with van der Waals surface area (Å²) in [5.74, 6) is -0.317. The Kier molecular flexibility index (Phi) is 4.51. The zero-order valence-electron chi connectivity index (χ0n) is 9.47. The summed E-state index contributed by atoms with van der Waals surface area (Å²) in [4.78, 5) is 23.8. The Balaban J connectivity index is 2.73. The molecule has 16 heavy (non-hydrogen) atoms.